The lowest BCUT2D eigenvalue weighted by Crippen LogP contribution is -3.10. The van der Waals surface area contributed by atoms with Crippen LogP contribution in [0.2, 0.25) is 0 Å². The van der Waals surface area contributed by atoms with Gasteiger partial charge in [-0.15, -0.1) is 5.10 Å². The summed E-state index contributed by atoms with van der Waals surface area (Å²) in [7, 11) is 0. The fraction of sp³-hybridized carbons (Fsp3) is 0.524. The summed E-state index contributed by atoms with van der Waals surface area (Å²) in [5, 5.41) is 12.9. The molecule has 0 bridgehead atoms. The Hall–Kier alpha value is -2.54. The highest BCUT2D eigenvalue weighted by Gasteiger charge is 2.36. The molecule has 2 atom stereocenters. The van der Waals surface area contributed by atoms with Crippen LogP contribution >= 0.6 is 0 Å². The first-order valence-corrected chi connectivity index (χ1v) is 9.97. The molecule has 7 nitrogen and oxygen atoms in total. The second-order valence-electron chi connectivity index (χ2n) is 8.29. The van der Waals surface area contributed by atoms with Gasteiger partial charge in [0.05, 0.1) is 11.8 Å². The molecule has 0 radical (unpaired) electrons. The number of hydrogen-bond donors (Lipinski definition) is 1. The van der Waals surface area contributed by atoms with Crippen molar-refractivity contribution in [1.82, 2.24) is 25.2 Å². The molecule has 0 aliphatic rings. The average molecular weight is 384 g/mol. The average Bonchev–Trinajstić information content (AvgIpc) is 3.35. The van der Waals surface area contributed by atoms with Gasteiger partial charge < -0.3 is 9.32 Å². The van der Waals surface area contributed by atoms with Gasteiger partial charge in [0.2, 0.25) is 5.82 Å². The van der Waals surface area contributed by atoms with E-state index in [-0.39, 0.29) is 11.6 Å². The third-order valence-electron chi connectivity index (χ3n) is 5.45. The van der Waals surface area contributed by atoms with E-state index in [1.54, 1.807) is 12.5 Å². The Morgan fingerprint density at radius 3 is 2.61 bits per heavy atom. The molecule has 0 fully saturated rings. The first kappa shape index (κ1) is 20.2. The van der Waals surface area contributed by atoms with Crippen LogP contribution in [0.1, 0.15) is 64.2 Å². The van der Waals surface area contributed by atoms with Crippen LogP contribution in [-0.4, -0.2) is 25.2 Å². The molecule has 28 heavy (non-hydrogen) atoms. The van der Waals surface area contributed by atoms with E-state index in [0.29, 0.717) is 5.92 Å². The molecule has 0 aromatic carbocycles. The van der Waals surface area contributed by atoms with Gasteiger partial charge in [-0.25, -0.2) is 4.68 Å². The molecular formula is C21H31N6O+. The zero-order valence-electron chi connectivity index (χ0n) is 17.5. The topological polar surface area (TPSA) is 74.1 Å². The van der Waals surface area contributed by atoms with Gasteiger partial charge in [-0.2, -0.15) is 0 Å². The molecular weight excluding hydrogens is 352 g/mol. The molecule has 3 heterocycles. The third kappa shape index (κ3) is 4.47. The zero-order chi connectivity index (χ0) is 20.1. The van der Waals surface area contributed by atoms with Gasteiger partial charge in [0.1, 0.15) is 13.1 Å². The second-order valence-corrected chi connectivity index (χ2v) is 8.29. The molecule has 0 spiro atoms. The van der Waals surface area contributed by atoms with Gasteiger partial charge >= 0.3 is 0 Å². The number of quaternary nitrogens is 1. The maximum atomic E-state index is 5.67. The molecule has 3 aromatic rings. The Morgan fingerprint density at radius 2 is 2.00 bits per heavy atom. The number of pyridine rings is 1. The molecule has 3 aromatic heterocycles. The van der Waals surface area contributed by atoms with Gasteiger partial charge in [-0.1, -0.05) is 26.8 Å². The van der Waals surface area contributed by atoms with Gasteiger partial charge in [-0.3, -0.25) is 4.98 Å². The zero-order valence-corrected chi connectivity index (χ0v) is 17.5. The number of nitrogens with one attached hydrogen (secondary N) is 1. The molecule has 0 amide bonds. The first-order chi connectivity index (χ1) is 13.4. The number of hydrogen-bond acceptors (Lipinski definition) is 5. The Morgan fingerprint density at radius 1 is 1.18 bits per heavy atom. The Balaban J connectivity index is 2.00. The van der Waals surface area contributed by atoms with Crippen LogP contribution in [0.4, 0.5) is 0 Å². The largest absolute Gasteiger partial charge is 0.463 e. The Labute approximate surface area is 166 Å². The summed E-state index contributed by atoms with van der Waals surface area (Å²) in [6.07, 6.45) is 6.41. The summed E-state index contributed by atoms with van der Waals surface area (Å²) >= 11 is 0. The van der Waals surface area contributed by atoms with Crippen molar-refractivity contribution in [3.8, 4) is 0 Å². The van der Waals surface area contributed by atoms with E-state index < -0.39 is 0 Å². The molecule has 0 saturated carbocycles. The molecule has 0 aliphatic carbocycles. The number of furan rings is 1. The van der Waals surface area contributed by atoms with E-state index in [9.17, 15) is 0 Å². The van der Waals surface area contributed by atoms with Crippen LogP contribution in [0, 0.1) is 5.92 Å². The van der Waals surface area contributed by atoms with Crippen molar-refractivity contribution >= 4 is 0 Å². The molecule has 0 aliphatic heterocycles. The third-order valence-corrected chi connectivity index (χ3v) is 5.45. The van der Waals surface area contributed by atoms with Crippen LogP contribution in [0.5, 0.6) is 0 Å². The fourth-order valence-electron chi connectivity index (χ4n) is 3.61. The monoisotopic (exact) mass is 383 g/mol. The van der Waals surface area contributed by atoms with E-state index in [4.69, 9.17) is 4.42 Å². The van der Waals surface area contributed by atoms with Crippen LogP contribution in [0.15, 0.2) is 47.3 Å². The van der Waals surface area contributed by atoms with Gasteiger partial charge in [0.15, 0.2) is 11.8 Å². The first-order valence-electron chi connectivity index (χ1n) is 9.97. The predicted octanol–water partition coefficient (Wildman–Crippen LogP) is 2.79. The number of nitrogens with zero attached hydrogens (tertiary/aromatic N) is 5. The quantitative estimate of drug-likeness (QED) is 0.615. The van der Waals surface area contributed by atoms with Crippen molar-refractivity contribution in [1.29, 1.82) is 0 Å². The predicted molar refractivity (Wildman–Crippen MR) is 106 cm³/mol. The normalized spacial score (nSPS) is 14.4. The smallest absolute Gasteiger partial charge is 0.210 e. The lowest BCUT2D eigenvalue weighted by atomic mass is 9.97. The van der Waals surface area contributed by atoms with Gasteiger partial charge in [-0.05, 0) is 48.9 Å². The van der Waals surface area contributed by atoms with Crippen molar-refractivity contribution in [2.45, 2.75) is 65.7 Å². The Kier molecular flexibility index (Phi) is 6.24. The molecule has 1 N–H and O–H groups in total. The summed E-state index contributed by atoms with van der Waals surface area (Å²) in [4.78, 5) is 5.62. The highest BCUT2D eigenvalue weighted by atomic mass is 16.3. The molecule has 7 heteroatoms. The standard InChI is InChI=1S/C21H30N6O/c1-6-21(4,5)27-20(23-24-25-27)19(16(2)3)26(15-18-10-8-12-28-18)14-17-9-7-11-22-13-17/h7-13,16,19H,6,14-15H2,1-5H3/p+1/t19-/m1/s1. The summed E-state index contributed by atoms with van der Waals surface area (Å²) in [6.45, 7) is 12.6. The molecule has 150 valence electrons. The lowest BCUT2D eigenvalue weighted by Gasteiger charge is -2.32. The van der Waals surface area contributed by atoms with E-state index in [0.717, 1.165) is 31.1 Å². The fourth-order valence-corrected chi connectivity index (χ4v) is 3.61. The Bertz CT molecular complexity index is 841. The summed E-state index contributed by atoms with van der Waals surface area (Å²) in [6, 6.07) is 8.18. The van der Waals surface area contributed by atoms with Crippen LogP contribution in [-0.2, 0) is 18.6 Å². The lowest BCUT2D eigenvalue weighted by molar-refractivity contribution is -0.963. The highest BCUT2D eigenvalue weighted by molar-refractivity contribution is 5.07. The second kappa shape index (κ2) is 8.65. The number of aromatic nitrogens is 5. The number of tetrazole rings is 1. The van der Waals surface area contributed by atoms with Crippen LogP contribution < -0.4 is 4.90 Å². The van der Waals surface area contributed by atoms with Crippen LogP contribution in [0.3, 0.4) is 0 Å². The summed E-state index contributed by atoms with van der Waals surface area (Å²) < 4.78 is 7.68. The van der Waals surface area contributed by atoms with E-state index >= 15 is 0 Å². The highest BCUT2D eigenvalue weighted by Crippen LogP contribution is 2.25. The van der Waals surface area contributed by atoms with Crippen LogP contribution in [0.25, 0.3) is 0 Å². The molecule has 1 unspecified atom stereocenters. The maximum Gasteiger partial charge on any atom is 0.210 e. The van der Waals surface area contributed by atoms with Crippen molar-refractivity contribution in [2.75, 3.05) is 0 Å². The minimum Gasteiger partial charge on any atom is -0.463 e. The van der Waals surface area contributed by atoms with Crippen molar-refractivity contribution in [3.63, 3.8) is 0 Å². The van der Waals surface area contributed by atoms with Crippen molar-refractivity contribution in [3.05, 3.63) is 60.1 Å². The SMILES string of the molecule is CCC(C)(C)n1nnnc1[C@@H](C(C)C)[NH+](Cc1cccnc1)Cc1ccco1. The molecule has 3 rings (SSSR count). The molecule has 0 saturated heterocycles. The van der Waals surface area contributed by atoms with Crippen molar-refractivity contribution < 1.29 is 9.32 Å². The van der Waals surface area contributed by atoms with E-state index in [1.165, 1.54) is 10.5 Å². The minimum atomic E-state index is -0.143. The van der Waals surface area contributed by atoms with Gasteiger partial charge in [0, 0.05) is 23.9 Å². The summed E-state index contributed by atoms with van der Waals surface area (Å²) in [5.41, 5.74) is 1.04. The minimum absolute atomic E-state index is 0.117. The summed E-state index contributed by atoms with van der Waals surface area (Å²) in [5.74, 6) is 2.23. The van der Waals surface area contributed by atoms with E-state index in [2.05, 4.69) is 61.2 Å². The van der Waals surface area contributed by atoms with Gasteiger partial charge in [0.25, 0.3) is 0 Å². The number of rotatable bonds is 9. The van der Waals surface area contributed by atoms with E-state index in [1.807, 2.05) is 29.1 Å². The van der Waals surface area contributed by atoms with Crippen molar-refractivity contribution in [2.24, 2.45) is 5.92 Å². The maximum absolute atomic E-state index is 5.67.